The molecule has 0 saturated heterocycles. The summed E-state index contributed by atoms with van der Waals surface area (Å²) in [5, 5.41) is 5.54. The molecule has 0 fully saturated rings. The number of aromatic nitrogens is 4. The number of fused-ring (bicyclic) bond motifs is 3. The SMILES string of the molecule is COc1ccc(CSc2nc3nn(-c4ccccc4)c(=O)c-3c3n2CCCCC3)cc1. The number of ether oxygens (including phenoxy) is 1. The summed E-state index contributed by atoms with van der Waals surface area (Å²) >= 11 is 1.70. The van der Waals surface area contributed by atoms with Gasteiger partial charge in [-0.15, -0.1) is 5.10 Å². The minimum absolute atomic E-state index is 0.0777. The molecule has 2 aromatic carbocycles. The molecule has 7 heteroatoms. The van der Waals surface area contributed by atoms with Crippen LogP contribution in [0.2, 0.25) is 0 Å². The smallest absolute Gasteiger partial charge is 0.284 e. The minimum atomic E-state index is -0.0777. The summed E-state index contributed by atoms with van der Waals surface area (Å²) in [6.45, 7) is 0.888. The average molecular weight is 433 g/mol. The normalized spacial score (nSPS) is 13.7. The third-order valence-electron chi connectivity index (χ3n) is 5.69. The lowest BCUT2D eigenvalue weighted by Crippen LogP contribution is -2.19. The molecule has 3 aliphatic rings. The lowest BCUT2D eigenvalue weighted by atomic mass is 10.1. The molecule has 0 spiro atoms. The minimum Gasteiger partial charge on any atom is -0.497 e. The molecule has 158 valence electrons. The molecule has 3 aliphatic heterocycles. The first-order chi connectivity index (χ1) is 15.2. The van der Waals surface area contributed by atoms with Gasteiger partial charge in [-0.2, -0.15) is 4.68 Å². The number of rotatable bonds is 5. The Morgan fingerprint density at radius 3 is 2.61 bits per heavy atom. The van der Waals surface area contributed by atoms with Gasteiger partial charge in [0, 0.05) is 18.0 Å². The van der Waals surface area contributed by atoms with Crippen LogP contribution in [0.4, 0.5) is 0 Å². The first-order valence-corrected chi connectivity index (χ1v) is 11.6. The summed E-state index contributed by atoms with van der Waals surface area (Å²) in [5.41, 5.74) is 3.64. The Balaban J connectivity index is 1.57. The van der Waals surface area contributed by atoms with Gasteiger partial charge in [-0.05, 0) is 49.1 Å². The number of benzene rings is 2. The van der Waals surface area contributed by atoms with Crippen molar-refractivity contribution in [3.8, 4) is 22.8 Å². The van der Waals surface area contributed by atoms with E-state index < -0.39 is 0 Å². The zero-order chi connectivity index (χ0) is 21.2. The van der Waals surface area contributed by atoms with E-state index in [1.54, 1.807) is 18.9 Å². The monoisotopic (exact) mass is 432 g/mol. The second kappa shape index (κ2) is 8.59. The van der Waals surface area contributed by atoms with Crippen molar-refractivity contribution in [3.63, 3.8) is 0 Å². The highest BCUT2D eigenvalue weighted by Crippen LogP contribution is 2.32. The number of hydrogen-bond acceptors (Lipinski definition) is 5. The largest absolute Gasteiger partial charge is 0.497 e. The average Bonchev–Trinajstić information content (AvgIpc) is 2.98. The van der Waals surface area contributed by atoms with Crippen LogP contribution in [0.25, 0.3) is 17.1 Å². The summed E-state index contributed by atoms with van der Waals surface area (Å²) in [7, 11) is 1.67. The zero-order valence-corrected chi connectivity index (χ0v) is 18.3. The molecule has 0 bridgehead atoms. The Morgan fingerprint density at radius 2 is 1.84 bits per heavy atom. The van der Waals surface area contributed by atoms with E-state index in [9.17, 15) is 4.79 Å². The molecule has 0 aromatic heterocycles. The summed E-state index contributed by atoms with van der Waals surface area (Å²) in [6.07, 6.45) is 4.22. The first-order valence-electron chi connectivity index (χ1n) is 10.6. The lowest BCUT2D eigenvalue weighted by Gasteiger charge is -2.17. The molecule has 0 radical (unpaired) electrons. The molecule has 0 amide bonds. The van der Waals surface area contributed by atoms with Crippen molar-refractivity contribution >= 4 is 11.8 Å². The number of para-hydroxylation sites is 1. The van der Waals surface area contributed by atoms with E-state index in [2.05, 4.69) is 21.8 Å². The Labute approximate surface area is 185 Å². The molecular weight excluding hydrogens is 408 g/mol. The molecular formula is C24H24N4O2S. The molecule has 5 rings (SSSR count). The second-order valence-corrected chi connectivity index (χ2v) is 8.63. The van der Waals surface area contributed by atoms with Crippen molar-refractivity contribution in [2.75, 3.05) is 7.11 Å². The Hall–Kier alpha value is -3.06. The molecule has 0 N–H and O–H groups in total. The van der Waals surface area contributed by atoms with Gasteiger partial charge in [-0.1, -0.05) is 48.5 Å². The standard InChI is InChI=1S/C24H24N4O2S/c1-30-19-13-11-17(12-14-19)16-31-24-25-22-21(20-10-6-3-7-15-27(20)24)23(29)28(26-22)18-8-4-2-5-9-18/h2,4-5,8-9,11-14H,3,6-7,10,15-16H2,1H3. The van der Waals surface area contributed by atoms with Gasteiger partial charge in [0.05, 0.1) is 12.8 Å². The third kappa shape index (κ3) is 3.85. The fourth-order valence-electron chi connectivity index (χ4n) is 4.08. The molecule has 3 heterocycles. The summed E-state index contributed by atoms with van der Waals surface area (Å²) in [4.78, 5) is 18.1. The maximum Gasteiger partial charge on any atom is 0.284 e. The molecule has 0 atom stereocenters. The fourth-order valence-corrected chi connectivity index (χ4v) is 5.07. The highest BCUT2D eigenvalue weighted by atomic mass is 32.2. The van der Waals surface area contributed by atoms with Crippen LogP contribution in [0.1, 0.15) is 30.5 Å². The van der Waals surface area contributed by atoms with Crippen LogP contribution < -0.4 is 10.3 Å². The van der Waals surface area contributed by atoms with Crippen molar-refractivity contribution in [1.82, 2.24) is 19.3 Å². The molecule has 0 aliphatic carbocycles. The van der Waals surface area contributed by atoms with E-state index >= 15 is 0 Å². The van der Waals surface area contributed by atoms with Crippen LogP contribution in [0.5, 0.6) is 5.75 Å². The van der Waals surface area contributed by atoms with Crippen molar-refractivity contribution in [1.29, 1.82) is 0 Å². The number of methoxy groups -OCH3 is 1. The highest BCUT2D eigenvalue weighted by Gasteiger charge is 2.27. The molecule has 0 saturated carbocycles. The van der Waals surface area contributed by atoms with Gasteiger partial charge in [0.2, 0.25) is 0 Å². The first kappa shape index (κ1) is 19.9. The van der Waals surface area contributed by atoms with Crippen LogP contribution in [0, 0.1) is 0 Å². The van der Waals surface area contributed by atoms with Crippen molar-refractivity contribution in [2.45, 2.75) is 43.1 Å². The van der Waals surface area contributed by atoms with Crippen molar-refractivity contribution in [3.05, 3.63) is 76.2 Å². The van der Waals surface area contributed by atoms with E-state index in [1.165, 1.54) is 10.2 Å². The Morgan fingerprint density at radius 1 is 1.03 bits per heavy atom. The lowest BCUT2D eigenvalue weighted by molar-refractivity contribution is 0.414. The van der Waals surface area contributed by atoms with Gasteiger partial charge < -0.3 is 9.30 Å². The van der Waals surface area contributed by atoms with E-state index in [1.807, 2.05) is 42.5 Å². The van der Waals surface area contributed by atoms with Crippen molar-refractivity contribution < 1.29 is 4.74 Å². The third-order valence-corrected chi connectivity index (χ3v) is 6.74. The van der Waals surface area contributed by atoms with Crippen LogP contribution in [0.15, 0.2) is 64.5 Å². The van der Waals surface area contributed by atoms with Gasteiger partial charge >= 0.3 is 0 Å². The fraction of sp³-hybridized carbons (Fsp3) is 0.292. The van der Waals surface area contributed by atoms with E-state index in [4.69, 9.17) is 9.72 Å². The van der Waals surface area contributed by atoms with Crippen LogP contribution in [0.3, 0.4) is 0 Å². The van der Waals surface area contributed by atoms with Crippen LogP contribution in [-0.2, 0) is 18.7 Å². The topological polar surface area (TPSA) is 61.9 Å². The summed E-state index contributed by atoms with van der Waals surface area (Å²) in [6, 6.07) is 17.7. The predicted octanol–water partition coefficient (Wildman–Crippen LogP) is 4.56. The zero-order valence-electron chi connectivity index (χ0n) is 17.5. The molecule has 6 nitrogen and oxygen atoms in total. The van der Waals surface area contributed by atoms with Crippen molar-refractivity contribution in [2.24, 2.45) is 0 Å². The number of thioether (sulfide) groups is 1. The van der Waals surface area contributed by atoms with E-state index in [-0.39, 0.29) is 5.56 Å². The van der Waals surface area contributed by atoms with Gasteiger partial charge in [-0.3, -0.25) is 4.79 Å². The van der Waals surface area contributed by atoms with Gasteiger partial charge in [0.25, 0.3) is 5.56 Å². The van der Waals surface area contributed by atoms with Crippen LogP contribution in [-0.4, -0.2) is 26.4 Å². The Bertz CT molecular complexity index is 1210. The van der Waals surface area contributed by atoms with Gasteiger partial charge in [-0.25, -0.2) is 4.98 Å². The highest BCUT2D eigenvalue weighted by molar-refractivity contribution is 7.98. The maximum atomic E-state index is 13.3. The summed E-state index contributed by atoms with van der Waals surface area (Å²) < 4.78 is 8.99. The Kier molecular flexibility index (Phi) is 5.51. The van der Waals surface area contributed by atoms with Crippen LogP contribution >= 0.6 is 11.8 Å². The maximum absolute atomic E-state index is 13.3. The second-order valence-electron chi connectivity index (χ2n) is 7.69. The molecule has 2 aromatic rings. The molecule has 0 unspecified atom stereocenters. The quantitative estimate of drug-likeness (QED) is 0.342. The number of hydrogen-bond donors (Lipinski definition) is 0. The summed E-state index contributed by atoms with van der Waals surface area (Å²) in [5.74, 6) is 2.19. The predicted molar refractivity (Wildman–Crippen MR) is 122 cm³/mol. The van der Waals surface area contributed by atoms with Gasteiger partial charge in [0.15, 0.2) is 11.0 Å². The van der Waals surface area contributed by atoms with E-state index in [0.29, 0.717) is 11.4 Å². The molecule has 31 heavy (non-hydrogen) atoms. The number of nitrogens with zero attached hydrogens (tertiary/aromatic N) is 4. The van der Waals surface area contributed by atoms with Gasteiger partial charge in [0.1, 0.15) is 11.3 Å². The van der Waals surface area contributed by atoms with E-state index in [0.717, 1.165) is 60.3 Å².